The van der Waals surface area contributed by atoms with Crippen molar-refractivity contribution in [3.8, 4) is 0 Å². The normalized spacial score (nSPS) is 25.5. The summed E-state index contributed by atoms with van der Waals surface area (Å²) in [6, 6.07) is 9.88. The van der Waals surface area contributed by atoms with Gasteiger partial charge in [-0.15, -0.1) is 0 Å². The Bertz CT molecular complexity index is 759. The molecule has 28 heavy (non-hydrogen) atoms. The van der Waals surface area contributed by atoms with Crippen LogP contribution in [0.2, 0.25) is 0 Å². The van der Waals surface area contributed by atoms with Crippen LogP contribution in [0.4, 0.5) is 4.79 Å². The predicted octanol–water partition coefficient (Wildman–Crippen LogP) is 3.33. The second-order valence-electron chi connectivity index (χ2n) is 8.99. The predicted molar refractivity (Wildman–Crippen MR) is 110 cm³/mol. The number of sulfonamides is 1. The number of carbonyl (C=O) groups excluding carboxylic acids is 1. The Morgan fingerprint density at radius 3 is 2.32 bits per heavy atom. The Balaban J connectivity index is 1.53. The summed E-state index contributed by atoms with van der Waals surface area (Å²) in [7, 11) is -3.27. The molecule has 0 aliphatic carbocycles. The lowest BCUT2D eigenvalue weighted by Gasteiger charge is -2.38. The van der Waals surface area contributed by atoms with Gasteiger partial charge < -0.3 is 10.1 Å². The van der Waals surface area contributed by atoms with Crippen LogP contribution >= 0.6 is 0 Å². The monoisotopic (exact) mass is 408 g/mol. The average molecular weight is 409 g/mol. The van der Waals surface area contributed by atoms with Gasteiger partial charge in [0.25, 0.3) is 0 Å². The fourth-order valence-corrected chi connectivity index (χ4v) is 6.40. The van der Waals surface area contributed by atoms with Gasteiger partial charge in [-0.25, -0.2) is 13.2 Å². The number of benzene rings is 1. The minimum atomic E-state index is -3.27. The van der Waals surface area contributed by atoms with Crippen LogP contribution in [0, 0.1) is 5.92 Å². The van der Waals surface area contributed by atoms with E-state index in [9.17, 15) is 13.2 Å². The number of carbonyl (C=O) groups is 1. The van der Waals surface area contributed by atoms with Gasteiger partial charge in [-0.2, -0.15) is 4.31 Å². The molecule has 6 nitrogen and oxygen atoms in total. The molecule has 2 fully saturated rings. The molecule has 2 heterocycles. The van der Waals surface area contributed by atoms with Crippen molar-refractivity contribution in [2.24, 2.45) is 5.92 Å². The number of hydrogen-bond acceptors (Lipinski definition) is 4. The van der Waals surface area contributed by atoms with E-state index < -0.39 is 21.7 Å². The molecule has 2 atom stereocenters. The van der Waals surface area contributed by atoms with E-state index in [4.69, 9.17) is 4.74 Å². The summed E-state index contributed by atoms with van der Waals surface area (Å²) in [6.07, 6.45) is 3.57. The highest BCUT2D eigenvalue weighted by molar-refractivity contribution is 7.89. The summed E-state index contributed by atoms with van der Waals surface area (Å²) < 4.78 is 33.0. The number of ether oxygens (including phenoxy) is 1. The SMILES string of the molecule is CC(C)(C)OC(=O)NCC1CC2CCC(C1)N2S(=O)(=O)CCc1ccccc1. The van der Waals surface area contributed by atoms with E-state index in [0.29, 0.717) is 18.9 Å². The van der Waals surface area contributed by atoms with Crippen LogP contribution in [0.3, 0.4) is 0 Å². The Kier molecular flexibility index (Phi) is 6.34. The maximum absolute atomic E-state index is 13.0. The summed E-state index contributed by atoms with van der Waals surface area (Å²) in [4.78, 5) is 11.9. The average Bonchev–Trinajstić information content (AvgIpc) is 2.90. The van der Waals surface area contributed by atoms with Crippen LogP contribution in [0.15, 0.2) is 30.3 Å². The topological polar surface area (TPSA) is 75.7 Å². The summed E-state index contributed by atoms with van der Waals surface area (Å²) in [6.45, 7) is 6.06. The highest BCUT2D eigenvalue weighted by atomic mass is 32.2. The van der Waals surface area contributed by atoms with Crippen molar-refractivity contribution >= 4 is 16.1 Å². The minimum Gasteiger partial charge on any atom is -0.444 e. The lowest BCUT2D eigenvalue weighted by molar-refractivity contribution is 0.0507. The Hall–Kier alpha value is -1.60. The van der Waals surface area contributed by atoms with Gasteiger partial charge in [0.15, 0.2) is 0 Å². The fraction of sp³-hybridized carbons (Fsp3) is 0.667. The number of amides is 1. The molecule has 2 bridgehead atoms. The molecule has 2 unspecified atom stereocenters. The molecule has 0 radical (unpaired) electrons. The van der Waals surface area contributed by atoms with Crippen molar-refractivity contribution in [3.05, 3.63) is 35.9 Å². The number of rotatable bonds is 6. The van der Waals surface area contributed by atoms with Crippen molar-refractivity contribution in [3.63, 3.8) is 0 Å². The molecule has 1 amide bonds. The molecule has 3 rings (SSSR count). The number of nitrogens with zero attached hydrogens (tertiary/aromatic N) is 1. The highest BCUT2D eigenvalue weighted by Gasteiger charge is 2.46. The Morgan fingerprint density at radius 2 is 1.75 bits per heavy atom. The van der Waals surface area contributed by atoms with Crippen molar-refractivity contribution in [2.75, 3.05) is 12.3 Å². The van der Waals surface area contributed by atoms with E-state index in [1.807, 2.05) is 51.1 Å². The largest absolute Gasteiger partial charge is 0.444 e. The van der Waals surface area contributed by atoms with Gasteiger partial charge in [-0.05, 0) is 64.4 Å². The van der Waals surface area contributed by atoms with Crippen molar-refractivity contribution in [1.82, 2.24) is 9.62 Å². The van der Waals surface area contributed by atoms with Crippen LogP contribution in [0.25, 0.3) is 0 Å². The van der Waals surface area contributed by atoms with Gasteiger partial charge >= 0.3 is 6.09 Å². The molecular weight excluding hydrogens is 376 g/mol. The minimum absolute atomic E-state index is 0.0601. The number of fused-ring (bicyclic) bond motifs is 2. The first-order valence-corrected chi connectivity index (χ1v) is 11.8. The zero-order valence-electron chi connectivity index (χ0n) is 17.1. The zero-order valence-corrected chi connectivity index (χ0v) is 17.9. The van der Waals surface area contributed by atoms with E-state index >= 15 is 0 Å². The maximum atomic E-state index is 13.0. The molecule has 2 saturated heterocycles. The highest BCUT2D eigenvalue weighted by Crippen LogP contribution is 2.40. The molecule has 0 spiro atoms. The number of aryl methyl sites for hydroxylation is 1. The van der Waals surface area contributed by atoms with Gasteiger partial charge in [-0.1, -0.05) is 30.3 Å². The van der Waals surface area contributed by atoms with E-state index in [-0.39, 0.29) is 17.8 Å². The molecule has 1 aromatic rings. The van der Waals surface area contributed by atoms with E-state index in [2.05, 4.69) is 5.32 Å². The first-order valence-electron chi connectivity index (χ1n) is 10.2. The van der Waals surface area contributed by atoms with Gasteiger partial charge in [0.2, 0.25) is 10.0 Å². The van der Waals surface area contributed by atoms with E-state index in [0.717, 1.165) is 31.2 Å². The second kappa shape index (κ2) is 8.41. The van der Waals surface area contributed by atoms with Crippen LogP contribution in [0.1, 0.15) is 52.0 Å². The van der Waals surface area contributed by atoms with E-state index in [1.165, 1.54) is 0 Å². The third-order valence-electron chi connectivity index (χ3n) is 5.51. The fourth-order valence-electron chi connectivity index (χ4n) is 4.41. The molecule has 0 aromatic heterocycles. The van der Waals surface area contributed by atoms with Crippen LogP contribution in [-0.2, 0) is 21.2 Å². The summed E-state index contributed by atoms with van der Waals surface area (Å²) >= 11 is 0. The summed E-state index contributed by atoms with van der Waals surface area (Å²) in [5, 5.41) is 2.85. The van der Waals surface area contributed by atoms with E-state index in [1.54, 1.807) is 4.31 Å². The van der Waals surface area contributed by atoms with Gasteiger partial charge in [0, 0.05) is 18.6 Å². The van der Waals surface area contributed by atoms with Crippen LogP contribution < -0.4 is 5.32 Å². The zero-order chi connectivity index (χ0) is 20.4. The smallest absolute Gasteiger partial charge is 0.407 e. The number of hydrogen-bond donors (Lipinski definition) is 1. The Morgan fingerprint density at radius 1 is 1.14 bits per heavy atom. The molecular formula is C21H32N2O4S. The first-order chi connectivity index (χ1) is 13.1. The molecule has 1 aromatic carbocycles. The third kappa shape index (κ3) is 5.47. The second-order valence-corrected chi connectivity index (χ2v) is 11.0. The Labute approximate surface area is 168 Å². The maximum Gasteiger partial charge on any atom is 0.407 e. The lowest BCUT2D eigenvalue weighted by Crippen LogP contribution is -2.49. The summed E-state index contributed by atoms with van der Waals surface area (Å²) in [5.74, 6) is 0.454. The third-order valence-corrected chi connectivity index (χ3v) is 7.47. The molecule has 2 aliphatic heterocycles. The van der Waals surface area contributed by atoms with Crippen LogP contribution in [-0.4, -0.2) is 48.8 Å². The molecule has 0 saturated carbocycles. The van der Waals surface area contributed by atoms with Crippen molar-refractivity contribution in [1.29, 1.82) is 0 Å². The lowest BCUT2D eigenvalue weighted by atomic mass is 9.92. The quantitative estimate of drug-likeness (QED) is 0.783. The first kappa shape index (κ1) is 21.1. The molecule has 1 N–H and O–H groups in total. The van der Waals surface area contributed by atoms with Gasteiger partial charge in [0.1, 0.15) is 5.60 Å². The molecule has 2 aliphatic rings. The van der Waals surface area contributed by atoms with Gasteiger partial charge in [0.05, 0.1) is 5.75 Å². The molecule has 7 heteroatoms. The van der Waals surface area contributed by atoms with Crippen molar-refractivity contribution in [2.45, 2.75) is 70.6 Å². The van der Waals surface area contributed by atoms with Crippen molar-refractivity contribution < 1.29 is 17.9 Å². The van der Waals surface area contributed by atoms with Crippen LogP contribution in [0.5, 0.6) is 0 Å². The number of nitrogens with one attached hydrogen (secondary N) is 1. The van der Waals surface area contributed by atoms with Gasteiger partial charge in [-0.3, -0.25) is 0 Å². The summed E-state index contributed by atoms with van der Waals surface area (Å²) in [5.41, 5.74) is 0.536. The number of piperidine rings is 1. The molecule has 156 valence electrons. The number of alkyl carbamates (subject to hydrolysis) is 1. The standard InChI is InChI=1S/C21H32N2O4S/c1-21(2,3)27-20(24)22-15-17-13-18-9-10-19(14-17)23(18)28(25,26)12-11-16-7-5-4-6-8-16/h4-8,17-19H,9-15H2,1-3H3,(H,22,24).